The minimum absolute atomic E-state index is 0.263. The molecule has 0 aromatic carbocycles. The van der Waals surface area contributed by atoms with E-state index in [4.69, 9.17) is 4.74 Å². The fourth-order valence-corrected chi connectivity index (χ4v) is 2.30. The second kappa shape index (κ2) is 11.2. The monoisotopic (exact) mass is 272 g/mol. The Morgan fingerprint density at radius 3 is 1.89 bits per heavy atom. The molecular formula is C15H32N2O2. The number of likely N-dealkylation sites (tertiary alicyclic amines) is 1. The molecule has 0 aromatic rings. The Kier molecular flexibility index (Phi) is 10.9. The Labute approximate surface area is 119 Å². The number of carbonyl (C=O) groups excluding carboxylic acids is 1. The number of rotatable bonds is 1. The van der Waals surface area contributed by atoms with Gasteiger partial charge in [-0.3, -0.25) is 4.79 Å². The van der Waals surface area contributed by atoms with Crippen LogP contribution >= 0.6 is 0 Å². The predicted molar refractivity (Wildman–Crippen MR) is 80.3 cm³/mol. The third-order valence-electron chi connectivity index (χ3n) is 3.39. The molecule has 19 heavy (non-hydrogen) atoms. The van der Waals surface area contributed by atoms with Crippen molar-refractivity contribution in [1.82, 2.24) is 9.80 Å². The molecule has 0 aliphatic carbocycles. The topological polar surface area (TPSA) is 32.8 Å². The van der Waals surface area contributed by atoms with Gasteiger partial charge in [-0.25, -0.2) is 0 Å². The molecule has 2 fully saturated rings. The minimum atomic E-state index is 0.263. The molecule has 0 aromatic heterocycles. The van der Waals surface area contributed by atoms with Gasteiger partial charge in [0.25, 0.3) is 0 Å². The van der Waals surface area contributed by atoms with Gasteiger partial charge in [-0.2, -0.15) is 0 Å². The van der Waals surface area contributed by atoms with Crippen LogP contribution in [0.4, 0.5) is 0 Å². The molecule has 0 spiro atoms. The van der Waals surface area contributed by atoms with E-state index in [-0.39, 0.29) is 5.92 Å². The van der Waals surface area contributed by atoms with Gasteiger partial charge in [-0.1, -0.05) is 27.7 Å². The molecule has 2 heterocycles. The van der Waals surface area contributed by atoms with Crippen LogP contribution in [0.5, 0.6) is 0 Å². The Morgan fingerprint density at radius 1 is 0.947 bits per heavy atom. The maximum absolute atomic E-state index is 12.1. The first-order valence-corrected chi connectivity index (χ1v) is 7.82. The average molecular weight is 272 g/mol. The van der Waals surface area contributed by atoms with Gasteiger partial charge in [0.2, 0.25) is 5.91 Å². The van der Waals surface area contributed by atoms with Crippen LogP contribution in [0.2, 0.25) is 0 Å². The van der Waals surface area contributed by atoms with Crippen LogP contribution in [-0.4, -0.2) is 62.1 Å². The summed E-state index contributed by atoms with van der Waals surface area (Å²) in [6.45, 7) is 13.1. The molecule has 0 N–H and O–H groups in total. The number of hydrogen-bond donors (Lipinski definition) is 0. The summed E-state index contributed by atoms with van der Waals surface area (Å²) in [7, 11) is 2.12. The normalized spacial score (nSPS) is 20.8. The van der Waals surface area contributed by atoms with Crippen LogP contribution in [0.25, 0.3) is 0 Å². The van der Waals surface area contributed by atoms with Crippen molar-refractivity contribution < 1.29 is 9.53 Å². The maximum atomic E-state index is 12.1. The van der Waals surface area contributed by atoms with E-state index in [0.29, 0.717) is 19.1 Å². The standard InChI is InChI=1S/C11H20N2O2.2C2H6/c1-12-4-2-10(3-5-12)11(14)13-6-8-15-9-7-13;2*1-2/h10H,2-9H2,1H3;2*1-2H3. The molecule has 2 rings (SSSR count). The number of piperidine rings is 1. The van der Waals surface area contributed by atoms with Crippen molar-refractivity contribution in [2.45, 2.75) is 40.5 Å². The Balaban J connectivity index is 0.000000741. The molecule has 4 heteroatoms. The Bertz CT molecular complexity index is 220. The van der Waals surface area contributed by atoms with Gasteiger partial charge in [0.15, 0.2) is 0 Å². The first-order chi connectivity index (χ1) is 9.27. The van der Waals surface area contributed by atoms with Crippen molar-refractivity contribution in [3.63, 3.8) is 0 Å². The number of hydrogen-bond acceptors (Lipinski definition) is 3. The lowest BCUT2D eigenvalue weighted by molar-refractivity contribution is -0.141. The SMILES string of the molecule is CC.CC.CN1CCC(C(=O)N2CCOCC2)CC1. The van der Waals surface area contributed by atoms with E-state index in [0.717, 1.165) is 39.0 Å². The number of morpholine rings is 1. The molecule has 2 saturated heterocycles. The molecule has 2 aliphatic heterocycles. The van der Waals surface area contributed by atoms with Crippen molar-refractivity contribution in [3.05, 3.63) is 0 Å². The highest BCUT2D eigenvalue weighted by atomic mass is 16.5. The lowest BCUT2D eigenvalue weighted by Gasteiger charge is -2.34. The van der Waals surface area contributed by atoms with Gasteiger partial charge in [0.05, 0.1) is 13.2 Å². The first kappa shape index (κ1) is 18.4. The summed E-state index contributed by atoms with van der Waals surface area (Å²) < 4.78 is 5.25. The van der Waals surface area contributed by atoms with Gasteiger partial charge < -0.3 is 14.5 Å². The third-order valence-corrected chi connectivity index (χ3v) is 3.39. The summed E-state index contributed by atoms with van der Waals surface area (Å²) in [6.07, 6.45) is 2.04. The highest BCUT2D eigenvalue weighted by molar-refractivity contribution is 5.79. The fourth-order valence-electron chi connectivity index (χ4n) is 2.30. The summed E-state index contributed by atoms with van der Waals surface area (Å²) in [5.74, 6) is 0.616. The van der Waals surface area contributed by atoms with Crippen LogP contribution in [0.3, 0.4) is 0 Å². The molecule has 0 bridgehead atoms. The van der Waals surface area contributed by atoms with E-state index in [2.05, 4.69) is 11.9 Å². The lowest BCUT2D eigenvalue weighted by atomic mass is 9.95. The first-order valence-electron chi connectivity index (χ1n) is 7.82. The van der Waals surface area contributed by atoms with E-state index in [1.165, 1.54) is 0 Å². The fraction of sp³-hybridized carbons (Fsp3) is 0.933. The second-order valence-electron chi connectivity index (χ2n) is 4.52. The number of amides is 1. The molecule has 0 radical (unpaired) electrons. The summed E-state index contributed by atoms with van der Waals surface area (Å²) in [4.78, 5) is 16.4. The number of ether oxygens (including phenoxy) is 1. The van der Waals surface area contributed by atoms with Crippen LogP contribution in [0, 0.1) is 5.92 Å². The molecule has 2 aliphatic rings. The quantitative estimate of drug-likeness (QED) is 0.734. The molecule has 0 atom stereocenters. The lowest BCUT2D eigenvalue weighted by Crippen LogP contribution is -2.46. The molecule has 114 valence electrons. The van der Waals surface area contributed by atoms with Crippen molar-refractivity contribution in [2.24, 2.45) is 5.92 Å². The van der Waals surface area contributed by atoms with Crippen LogP contribution < -0.4 is 0 Å². The van der Waals surface area contributed by atoms with E-state index < -0.39 is 0 Å². The highest BCUT2D eigenvalue weighted by Crippen LogP contribution is 2.19. The van der Waals surface area contributed by atoms with E-state index in [1.807, 2.05) is 32.6 Å². The van der Waals surface area contributed by atoms with Crippen molar-refractivity contribution >= 4 is 5.91 Å². The highest BCUT2D eigenvalue weighted by Gasteiger charge is 2.28. The predicted octanol–water partition coefficient (Wildman–Crippen LogP) is 2.24. The van der Waals surface area contributed by atoms with Gasteiger partial charge in [-0.05, 0) is 33.0 Å². The average Bonchev–Trinajstić information content (AvgIpc) is 2.52. The maximum Gasteiger partial charge on any atom is 0.225 e. The smallest absolute Gasteiger partial charge is 0.225 e. The van der Waals surface area contributed by atoms with Gasteiger partial charge in [0, 0.05) is 19.0 Å². The third kappa shape index (κ3) is 6.39. The minimum Gasteiger partial charge on any atom is -0.378 e. The van der Waals surface area contributed by atoms with E-state index >= 15 is 0 Å². The van der Waals surface area contributed by atoms with Crippen molar-refractivity contribution in [2.75, 3.05) is 46.4 Å². The van der Waals surface area contributed by atoms with E-state index in [9.17, 15) is 4.79 Å². The Hall–Kier alpha value is -0.610. The van der Waals surface area contributed by atoms with Gasteiger partial charge >= 0.3 is 0 Å². The van der Waals surface area contributed by atoms with E-state index in [1.54, 1.807) is 0 Å². The van der Waals surface area contributed by atoms with Crippen LogP contribution in [0.15, 0.2) is 0 Å². The van der Waals surface area contributed by atoms with Gasteiger partial charge in [-0.15, -0.1) is 0 Å². The molecule has 0 unspecified atom stereocenters. The molecular weight excluding hydrogens is 240 g/mol. The van der Waals surface area contributed by atoms with Crippen LogP contribution in [-0.2, 0) is 9.53 Å². The number of nitrogens with zero attached hydrogens (tertiary/aromatic N) is 2. The molecule has 4 nitrogen and oxygen atoms in total. The number of carbonyl (C=O) groups is 1. The van der Waals surface area contributed by atoms with Gasteiger partial charge in [0.1, 0.15) is 0 Å². The van der Waals surface area contributed by atoms with Crippen molar-refractivity contribution in [3.8, 4) is 0 Å². The zero-order chi connectivity index (χ0) is 14.7. The zero-order valence-corrected chi connectivity index (χ0v) is 13.4. The molecule has 0 saturated carbocycles. The zero-order valence-electron chi connectivity index (χ0n) is 13.4. The second-order valence-corrected chi connectivity index (χ2v) is 4.52. The van der Waals surface area contributed by atoms with Crippen LogP contribution in [0.1, 0.15) is 40.5 Å². The summed E-state index contributed by atoms with van der Waals surface area (Å²) in [5, 5.41) is 0. The largest absolute Gasteiger partial charge is 0.378 e. The molecule has 1 amide bonds. The summed E-state index contributed by atoms with van der Waals surface area (Å²) in [5.41, 5.74) is 0. The Morgan fingerprint density at radius 2 is 1.42 bits per heavy atom. The van der Waals surface area contributed by atoms with Crippen molar-refractivity contribution in [1.29, 1.82) is 0 Å². The summed E-state index contributed by atoms with van der Waals surface area (Å²) >= 11 is 0. The summed E-state index contributed by atoms with van der Waals surface area (Å²) in [6, 6.07) is 0.